The van der Waals surface area contributed by atoms with Crippen molar-refractivity contribution in [2.45, 2.75) is 19.9 Å². The van der Waals surface area contributed by atoms with Gasteiger partial charge in [-0.1, -0.05) is 13.0 Å². The number of nitrogens with one attached hydrogen (secondary N) is 2. The first-order chi connectivity index (χ1) is 11.9. The molecule has 25 heavy (non-hydrogen) atoms. The number of carbonyl (C=O) groups excluding carboxylic acids is 2. The lowest BCUT2D eigenvalue weighted by molar-refractivity contribution is 0.0842. The van der Waals surface area contributed by atoms with Gasteiger partial charge in [0.15, 0.2) is 5.69 Å². The number of aromatic nitrogens is 2. The average Bonchev–Trinajstić information content (AvgIpc) is 2.61. The van der Waals surface area contributed by atoms with Gasteiger partial charge in [-0.05, 0) is 30.7 Å². The molecule has 0 unspecified atom stereocenters. The largest absolute Gasteiger partial charge is 0.378 e. The second-order valence-electron chi connectivity index (χ2n) is 5.63. The van der Waals surface area contributed by atoms with Crippen molar-refractivity contribution in [3.63, 3.8) is 0 Å². The zero-order chi connectivity index (χ0) is 18.4. The second kappa shape index (κ2) is 8.09. The molecular weight excluding hydrogens is 322 g/mol. The number of carbonyl (C=O) groups is 2. The van der Waals surface area contributed by atoms with Crippen LogP contribution in [0.5, 0.6) is 0 Å². The molecule has 0 aliphatic rings. The first-order valence-corrected chi connectivity index (χ1v) is 7.88. The van der Waals surface area contributed by atoms with Crippen molar-refractivity contribution in [1.82, 2.24) is 20.6 Å². The van der Waals surface area contributed by atoms with Crippen LogP contribution in [0.4, 0.5) is 5.69 Å². The quantitative estimate of drug-likeness (QED) is 0.783. The van der Waals surface area contributed by atoms with Gasteiger partial charge in [-0.2, -0.15) is 5.10 Å². The predicted octanol–water partition coefficient (Wildman–Crippen LogP) is 0.794. The summed E-state index contributed by atoms with van der Waals surface area (Å²) in [6.45, 7) is 2.33. The standard InChI is InChI=1S/C17H21N5O3/c1-4-10-22-15(23)9-8-14(20-22)17(25)19-18-16(24)12-6-5-7-13(11-12)21(2)3/h5-9,11H,4,10H2,1-3H3,(H,18,24)(H,19,25). The van der Waals surface area contributed by atoms with Gasteiger partial charge in [-0.15, -0.1) is 0 Å². The first kappa shape index (κ1) is 18.2. The lowest BCUT2D eigenvalue weighted by Crippen LogP contribution is -2.42. The van der Waals surface area contributed by atoms with Crippen molar-refractivity contribution in [2.75, 3.05) is 19.0 Å². The molecule has 0 atom stereocenters. The number of hydrogen-bond acceptors (Lipinski definition) is 5. The van der Waals surface area contributed by atoms with Gasteiger partial charge in [0.25, 0.3) is 17.4 Å². The van der Waals surface area contributed by atoms with Gasteiger partial charge in [-0.3, -0.25) is 25.2 Å². The fourth-order valence-corrected chi connectivity index (χ4v) is 2.12. The van der Waals surface area contributed by atoms with Crippen molar-refractivity contribution in [1.29, 1.82) is 0 Å². The Morgan fingerprint density at radius 2 is 1.84 bits per heavy atom. The molecule has 0 bridgehead atoms. The fraction of sp³-hybridized carbons (Fsp3) is 0.294. The smallest absolute Gasteiger partial charge is 0.290 e. The van der Waals surface area contributed by atoms with E-state index < -0.39 is 11.8 Å². The van der Waals surface area contributed by atoms with E-state index in [0.29, 0.717) is 12.1 Å². The normalized spacial score (nSPS) is 10.2. The molecule has 2 N–H and O–H groups in total. The van der Waals surface area contributed by atoms with E-state index in [2.05, 4.69) is 16.0 Å². The topological polar surface area (TPSA) is 96.3 Å². The van der Waals surface area contributed by atoms with Gasteiger partial charge >= 0.3 is 0 Å². The zero-order valence-corrected chi connectivity index (χ0v) is 14.4. The maximum atomic E-state index is 12.2. The zero-order valence-electron chi connectivity index (χ0n) is 14.4. The van der Waals surface area contributed by atoms with Crippen molar-refractivity contribution in [2.24, 2.45) is 0 Å². The average molecular weight is 343 g/mol. The van der Waals surface area contributed by atoms with Gasteiger partial charge in [0.2, 0.25) is 0 Å². The Kier molecular flexibility index (Phi) is 5.89. The van der Waals surface area contributed by atoms with Gasteiger partial charge in [0, 0.05) is 38.0 Å². The fourth-order valence-electron chi connectivity index (χ4n) is 2.12. The summed E-state index contributed by atoms with van der Waals surface area (Å²) in [5.41, 5.74) is 5.71. The minimum absolute atomic E-state index is 0.0513. The van der Waals surface area contributed by atoms with Crippen LogP contribution in [-0.4, -0.2) is 35.7 Å². The summed E-state index contributed by atoms with van der Waals surface area (Å²) in [7, 11) is 3.74. The highest BCUT2D eigenvalue weighted by molar-refractivity contribution is 5.98. The van der Waals surface area contributed by atoms with Crippen molar-refractivity contribution < 1.29 is 9.59 Å². The van der Waals surface area contributed by atoms with E-state index in [1.54, 1.807) is 18.2 Å². The molecule has 0 saturated heterocycles. The molecule has 132 valence electrons. The Balaban J connectivity index is 2.04. The monoisotopic (exact) mass is 343 g/mol. The van der Waals surface area contributed by atoms with E-state index in [9.17, 15) is 14.4 Å². The molecule has 0 radical (unpaired) electrons. The van der Waals surface area contributed by atoms with E-state index >= 15 is 0 Å². The summed E-state index contributed by atoms with van der Waals surface area (Å²) >= 11 is 0. The molecule has 8 nitrogen and oxygen atoms in total. The number of amides is 2. The molecule has 0 aliphatic heterocycles. The van der Waals surface area contributed by atoms with Crippen LogP contribution in [0.3, 0.4) is 0 Å². The Morgan fingerprint density at radius 3 is 2.52 bits per heavy atom. The van der Waals surface area contributed by atoms with E-state index in [4.69, 9.17) is 0 Å². The van der Waals surface area contributed by atoms with Crippen molar-refractivity contribution >= 4 is 17.5 Å². The molecule has 1 aromatic heterocycles. The molecule has 2 amide bonds. The Labute approximate surface area is 145 Å². The molecule has 1 aromatic carbocycles. The molecule has 8 heteroatoms. The first-order valence-electron chi connectivity index (χ1n) is 7.88. The molecule has 0 spiro atoms. The highest BCUT2D eigenvalue weighted by Crippen LogP contribution is 2.12. The summed E-state index contributed by atoms with van der Waals surface area (Å²) in [6, 6.07) is 9.59. The maximum absolute atomic E-state index is 12.2. The summed E-state index contributed by atoms with van der Waals surface area (Å²) < 4.78 is 1.22. The molecule has 0 aliphatic carbocycles. The lowest BCUT2D eigenvalue weighted by Gasteiger charge is -2.13. The van der Waals surface area contributed by atoms with Crippen molar-refractivity contribution in [3.8, 4) is 0 Å². The summed E-state index contributed by atoms with van der Waals surface area (Å²) in [5.74, 6) is -1.04. The summed E-state index contributed by atoms with van der Waals surface area (Å²) in [4.78, 5) is 37.8. The predicted molar refractivity (Wildman–Crippen MR) is 94.5 cm³/mol. The van der Waals surface area contributed by atoms with E-state index in [1.807, 2.05) is 32.0 Å². The molecule has 1 heterocycles. The number of hydrogen-bond donors (Lipinski definition) is 2. The highest BCUT2D eigenvalue weighted by atomic mass is 16.2. The maximum Gasteiger partial charge on any atom is 0.290 e. The molecule has 2 aromatic rings. The van der Waals surface area contributed by atoms with Crippen LogP contribution >= 0.6 is 0 Å². The Bertz CT molecular complexity index is 829. The third-order valence-corrected chi connectivity index (χ3v) is 3.45. The Hall–Kier alpha value is -3.16. The van der Waals surface area contributed by atoms with Crippen LogP contribution in [0.2, 0.25) is 0 Å². The van der Waals surface area contributed by atoms with Gasteiger partial charge in [0.05, 0.1) is 0 Å². The molecule has 0 fully saturated rings. The number of aryl methyl sites for hydroxylation is 1. The number of nitrogens with zero attached hydrogens (tertiary/aromatic N) is 3. The van der Waals surface area contributed by atoms with Crippen LogP contribution in [0.1, 0.15) is 34.2 Å². The lowest BCUT2D eigenvalue weighted by atomic mass is 10.2. The van der Waals surface area contributed by atoms with Gasteiger partial charge in [0.1, 0.15) is 0 Å². The van der Waals surface area contributed by atoms with E-state index in [-0.39, 0.29) is 11.3 Å². The van der Waals surface area contributed by atoms with Crippen LogP contribution in [0, 0.1) is 0 Å². The Morgan fingerprint density at radius 1 is 1.12 bits per heavy atom. The van der Waals surface area contributed by atoms with E-state index in [0.717, 1.165) is 12.1 Å². The van der Waals surface area contributed by atoms with Crippen LogP contribution in [-0.2, 0) is 6.54 Å². The number of rotatable bonds is 5. The van der Waals surface area contributed by atoms with E-state index in [1.165, 1.54) is 16.8 Å². The van der Waals surface area contributed by atoms with Gasteiger partial charge < -0.3 is 4.90 Å². The molecule has 2 rings (SSSR count). The molecule has 0 saturated carbocycles. The van der Waals surface area contributed by atoms with Crippen molar-refractivity contribution in [3.05, 3.63) is 58.0 Å². The number of anilines is 1. The van der Waals surface area contributed by atoms with Crippen LogP contribution in [0.25, 0.3) is 0 Å². The number of benzene rings is 1. The SMILES string of the molecule is CCCn1nc(C(=O)NNC(=O)c2cccc(N(C)C)c2)ccc1=O. The summed E-state index contributed by atoms with van der Waals surface area (Å²) in [5, 5.41) is 3.98. The number of hydrazine groups is 1. The minimum Gasteiger partial charge on any atom is -0.378 e. The highest BCUT2D eigenvalue weighted by Gasteiger charge is 2.12. The third-order valence-electron chi connectivity index (χ3n) is 3.45. The third kappa shape index (κ3) is 4.66. The second-order valence-corrected chi connectivity index (χ2v) is 5.63. The van der Waals surface area contributed by atoms with Gasteiger partial charge in [-0.25, -0.2) is 4.68 Å². The minimum atomic E-state index is -0.595. The van der Waals surface area contributed by atoms with Crippen LogP contribution in [0.15, 0.2) is 41.2 Å². The summed E-state index contributed by atoms with van der Waals surface area (Å²) in [6.07, 6.45) is 0.719. The van der Waals surface area contributed by atoms with Crippen LogP contribution < -0.4 is 21.3 Å². The molecular formula is C17H21N5O3.